The lowest BCUT2D eigenvalue weighted by molar-refractivity contribution is 0.324. The van der Waals surface area contributed by atoms with Gasteiger partial charge in [0.05, 0.1) is 35.0 Å². The fourth-order valence-corrected chi connectivity index (χ4v) is 3.77. The van der Waals surface area contributed by atoms with Crippen LogP contribution in [0.4, 0.5) is 0 Å². The zero-order valence-corrected chi connectivity index (χ0v) is 19.0. The molecule has 0 aliphatic heterocycles. The number of phenols is 1. The maximum absolute atomic E-state index is 10.4. The molecule has 0 aliphatic rings. The summed E-state index contributed by atoms with van der Waals surface area (Å²) in [5.41, 5.74) is 4.28. The number of hydrogen-bond donors (Lipinski definition) is 1. The average Bonchev–Trinajstić information content (AvgIpc) is 3.27. The molecule has 1 heterocycles. The minimum atomic E-state index is 0.0571. The Kier molecular flexibility index (Phi) is 6.40. The summed E-state index contributed by atoms with van der Waals surface area (Å²) < 4.78 is 23.6. The average molecular weight is 447 g/mol. The molecule has 0 unspecified atom stereocenters. The van der Waals surface area contributed by atoms with Crippen molar-refractivity contribution in [2.45, 2.75) is 6.54 Å². The molecule has 0 aliphatic carbocycles. The highest BCUT2D eigenvalue weighted by Crippen LogP contribution is 2.43. The van der Waals surface area contributed by atoms with Crippen LogP contribution in [-0.4, -0.2) is 43.3 Å². The minimum absolute atomic E-state index is 0.0571. The Morgan fingerprint density at radius 2 is 1.42 bits per heavy atom. The first kappa shape index (κ1) is 22.1. The summed E-state index contributed by atoms with van der Waals surface area (Å²) in [5, 5.41) is 15.3. The minimum Gasteiger partial charge on any atom is -0.504 e. The van der Waals surface area contributed by atoms with E-state index in [-0.39, 0.29) is 5.75 Å². The molecule has 0 saturated carbocycles. The van der Waals surface area contributed by atoms with Crippen LogP contribution in [0.25, 0.3) is 22.4 Å². The maximum Gasteiger partial charge on any atom is 0.203 e. The molecule has 4 aromatic rings. The lowest BCUT2D eigenvalue weighted by atomic mass is 10.0. The highest BCUT2D eigenvalue weighted by atomic mass is 16.5. The van der Waals surface area contributed by atoms with Crippen LogP contribution in [-0.2, 0) is 6.54 Å². The van der Waals surface area contributed by atoms with E-state index in [0.29, 0.717) is 29.5 Å². The quantitative estimate of drug-likeness (QED) is 0.410. The van der Waals surface area contributed by atoms with E-state index in [2.05, 4.69) is 12.1 Å². The predicted octanol–water partition coefficient (Wildman–Crippen LogP) is 5.01. The number of nitrogens with zero attached hydrogens (tertiary/aromatic N) is 2. The van der Waals surface area contributed by atoms with Crippen LogP contribution in [0.3, 0.4) is 0 Å². The van der Waals surface area contributed by atoms with Crippen molar-refractivity contribution >= 4 is 0 Å². The molecule has 4 rings (SSSR count). The number of rotatable bonds is 8. The van der Waals surface area contributed by atoms with Crippen molar-refractivity contribution in [3.8, 4) is 51.1 Å². The maximum atomic E-state index is 10.4. The summed E-state index contributed by atoms with van der Waals surface area (Å²) in [5.74, 6) is 2.04. The van der Waals surface area contributed by atoms with E-state index in [1.807, 2.05) is 47.3 Å². The second-order valence-electron chi connectivity index (χ2n) is 7.38. The summed E-state index contributed by atoms with van der Waals surface area (Å²) in [4.78, 5) is 0. The Bertz CT molecular complexity index is 1230. The van der Waals surface area contributed by atoms with Gasteiger partial charge in [0.1, 0.15) is 5.69 Å². The lowest BCUT2D eigenvalue weighted by Crippen LogP contribution is -2.00. The van der Waals surface area contributed by atoms with Gasteiger partial charge in [-0.15, -0.1) is 0 Å². The number of benzene rings is 3. The molecule has 7 heteroatoms. The van der Waals surface area contributed by atoms with E-state index in [1.165, 1.54) is 7.11 Å². The smallest absolute Gasteiger partial charge is 0.203 e. The van der Waals surface area contributed by atoms with E-state index < -0.39 is 0 Å². The molecular formula is C26H26N2O5. The van der Waals surface area contributed by atoms with Crippen LogP contribution in [0, 0.1) is 0 Å². The van der Waals surface area contributed by atoms with Gasteiger partial charge in [0.15, 0.2) is 23.0 Å². The standard InChI is InChI=1S/C26H26N2O5/c1-30-22-11-10-18(12-21(22)29)20-16-28(15-17-8-6-5-7-9-17)27-25(20)19-13-23(31-2)26(33-4)24(14-19)32-3/h5-14,16,29H,15H2,1-4H3. The van der Waals surface area contributed by atoms with Crippen LogP contribution in [0.2, 0.25) is 0 Å². The van der Waals surface area contributed by atoms with Crippen LogP contribution < -0.4 is 18.9 Å². The second-order valence-corrected chi connectivity index (χ2v) is 7.38. The molecular weight excluding hydrogens is 420 g/mol. The Labute approximate surface area is 192 Å². The van der Waals surface area contributed by atoms with Crippen molar-refractivity contribution in [1.82, 2.24) is 9.78 Å². The Morgan fingerprint density at radius 3 is 2.00 bits per heavy atom. The van der Waals surface area contributed by atoms with Gasteiger partial charge >= 0.3 is 0 Å². The molecule has 170 valence electrons. The molecule has 7 nitrogen and oxygen atoms in total. The number of phenolic OH excluding ortho intramolecular Hbond substituents is 1. The van der Waals surface area contributed by atoms with E-state index >= 15 is 0 Å². The molecule has 1 aromatic heterocycles. The van der Waals surface area contributed by atoms with E-state index in [0.717, 1.165) is 27.9 Å². The summed E-state index contributed by atoms with van der Waals surface area (Å²) in [7, 11) is 6.25. The van der Waals surface area contributed by atoms with Crippen molar-refractivity contribution in [1.29, 1.82) is 0 Å². The van der Waals surface area contributed by atoms with E-state index in [1.54, 1.807) is 33.5 Å². The number of methoxy groups -OCH3 is 4. The van der Waals surface area contributed by atoms with Crippen LogP contribution >= 0.6 is 0 Å². The predicted molar refractivity (Wildman–Crippen MR) is 127 cm³/mol. The van der Waals surface area contributed by atoms with Gasteiger partial charge < -0.3 is 24.1 Å². The fraction of sp³-hybridized carbons (Fsp3) is 0.192. The van der Waals surface area contributed by atoms with Gasteiger partial charge in [-0.2, -0.15) is 5.10 Å². The SMILES string of the molecule is COc1ccc(-c2cn(Cc3ccccc3)nc2-c2cc(OC)c(OC)c(OC)c2)cc1O. The third kappa shape index (κ3) is 4.43. The summed E-state index contributed by atoms with van der Waals surface area (Å²) in [6, 6.07) is 19.1. The highest BCUT2D eigenvalue weighted by Gasteiger charge is 2.20. The fourth-order valence-electron chi connectivity index (χ4n) is 3.77. The molecule has 3 aromatic carbocycles. The summed E-state index contributed by atoms with van der Waals surface area (Å²) in [6.07, 6.45) is 1.97. The summed E-state index contributed by atoms with van der Waals surface area (Å²) >= 11 is 0. The molecule has 0 fully saturated rings. The van der Waals surface area contributed by atoms with Gasteiger partial charge in [0, 0.05) is 17.3 Å². The van der Waals surface area contributed by atoms with Crippen LogP contribution in [0.5, 0.6) is 28.7 Å². The normalized spacial score (nSPS) is 10.7. The van der Waals surface area contributed by atoms with Crippen molar-refractivity contribution in [3.63, 3.8) is 0 Å². The highest BCUT2D eigenvalue weighted by molar-refractivity contribution is 5.83. The van der Waals surface area contributed by atoms with Gasteiger partial charge in [0.2, 0.25) is 5.75 Å². The number of hydrogen-bond acceptors (Lipinski definition) is 6. The van der Waals surface area contributed by atoms with E-state index in [9.17, 15) is 5.11 Å². The molecule has 0 amide bonds. The zero-order valence-electron chi connectivity index (χ0n) is 19.0. The number of aromatic nitrogens is 2. The monoisotopic (exact) mass is 446 g/mol. The summed E-state index contributed by atoms with van der Waals surface area (Å²) in [6.45, 7) is 0.598. The van der Waals surface area contributed by atoms with Gasteiger partial charge in [-0.1, -0.05) is 36.4 Å². The molecule has 0 atom stereocenters. The molecule has 1 N–H and O–H groups in total. The van der Waals surface area contributed by atoms with Crippen molar-refractivity contribution in [2.75, 3.05) is 28.4 Å². The first-order valence-corrected chi connectivity index (χ1v) is 10.4. The molecule has 0 spiro atoms. The third-order valence-corrected chi connectivity index (χ3v) is 5.38. The van der Waals surface area contributed by atoms with Crippen molar-refractivity contribution in [3.05, 3.63) is 72.4 Å². The van der Waals surface area contributed by atoms with Gasteiger partial charge in [-0.3, -0.25) is 4.68 Å². The Balaban J connectivity index is 1.88. The van der Waals surface area contributed by atoms with Gasteiger partial charge in [-0.25, -0.2) is 0 Å². The van der Waals surface area contributed by atoms with Gasteiger partial charge in [-0.05, 0) is 35.4 Å². The largest absolute Gasteiger partial charge is 0.504 e. The molecule has 33 heavy (non-hydrogen) atoms. The first-order chi connectivity index (χ1) is 16.1. The third-order valence-electron chi connectivity index (χ3n) is 5.38. The molecule has 0 saturated heterocycles. The van der Waals surface area contributed by atoms with Crippen molar-refractivity contribution < 1.29 is 24.1 Å². The van der Waals surface area contributed by atoms with Gasteiger partial charge in [0.25, 0.3) is 0 Å². The lowest BCUT2D eigenvalue weighted by Gasteiger charge is -2.14. The van der Waals surface area contributed by atoms with E-state index in [4.69, 9.17) is 24.0 Å². The number of ether oxygens (including phenoxy) is 4. The van der Waals surface area contributed by atoms with Crippen molar-refractivity contribution in [2.24, 2.45) is 0 Å². The second kappa shape index (κ2) is 9.56. The zero-order chi connectivity index (χ0) is 23.4. The molecule has 0 bridgehead atoms. The Hall–Kier alpha value is -4.13. The Morgan fingerprint density at radius 1 is 0.758 bits per heavy atom. The number of aromatic hydroxyl groups is 1. The van der Waals surface area contributed by atoms with Crippen LogP contribution in [0.1, 0.15) is 5.56 Å². The van der Waals surface area contributed by atoms with Crippen LogP contribution in [0.15, 0.2) is 66.9 Å². The topological polar surface area (TPSA) is 75.0 Å². The first-order valence-electron chi connectivity index (χ1n) is 10.4. The molecule has 0 radical (unpaired) electrons.